The van der Waals surface area contributed by atoms with Crippen LogP contribution in [0.25, 0.3) is 0 Å². The number of aromatic nitrogens is 3. The van der Waals surface area contributed by atoms with E-state index < -0.39 is 5.91 Å². The number of thioether (sulfide) groups is 1. The predicted octanol–water partition coefficient (Wildman–Crippen LogP) is 0.751. The minimum Gasteiger partial charge on any atom is -0.382 e. The predicted molar refractivity (Wildman–Crippen MR) is 70.1 cm³/mol. The second-order valence-corrected chi connectivity index (χ2v) is 4.74. The van der Waals surface area contributed by atoms with Gasteiger partial charge in [-0.25, -0.2) is 4.68 Å². The topological polar surface area (TPSA) is 99.8 Å². The fraction of sp³-hybridized carbons (Fsp3) is 0.182. The summed E-state index contributed by atoms with van der Waals surface area (Å²) in [5, 5.41) is 7.44. The lowest BCUT2D eigenvalue weighted by molar-refractivity contribution is 0.0996. The molecule has 7 heteroatoms. The smallest absolute Gasteiger partial charge is 0.273 e. The highest BCUT2D eigenvalue weighted by Gasteiger charge is 2.13. The van der Waals surface area contributed by atoms with Crippen LogP contribution in [0.1, 0.15) is 10.5 Å². The Hall–Kier alpha value is -2.02. The van der Waals surface area contributed by atoms with E-state index in [1.165, 1.54) is 9.58 Å². The summed E-state index contributed by atoms with van der Waals surface area (Å²) >= 11 is 1.68. The first-order valence-electron chi connectivity index (χ1n) is 5.35. The van der Waals surface area contributed by atoms with Crippen molar-refractivity contribution in [1.82, 2.24) is 15.0 Å². The maximum atomic E-state index is 11.0. The van der Waals surface area contributed by atoms with Gasteiger partial charge < -0.3 is 11.5 Å². The number of nitrogens with zero attached hydrogens (tertiary/aromatic N) is 3. The summed E-state index contributed by atoms with van der Waals surface area (Å²) in [5.74, 6) is 0.348. The molecular weight excluding hydrogens is 250 g/mol. The van der Waals surface area contributed by atoms with Gasteiger partial charge in [-0.3, -0.25) is 4.79 Å². The molecule has 0 saturated heterocycles. The number of carbonyl (C=O) groups excluding carboxylic acids is 1. The first-order valence-corrected chi connectivity index (χ1v) is 6.33. The molecule has 1 aromatic heterocycles. The Balaban J connectivity index is 1.93. The van der Waals surface area contributed by atoms with Crippen LogP contribution in [0.3, 0.4) is 0 Å². The normalized spacial score (nSPS) is 10.4. The van der Waals surface area contributed by atoms with E-state index in [1.54, 1.807) is 11.8 Å². The van der Waals surface area contributed by atoms with Gasteiger partial charge in [0.1, 0.15) is 0 Å². The van der Waals surface area contributed by atoms with E-state index in [-0.39, 0.29) is 11.5 Å². The van der Waals surface area contributed by atoms with Crippen LogP contribution in [-0.2, 0) is 6.54 Å². The van der Waals surface area contributed by atoms with Gasteiger partial charge in [0.15, 0.2) is 11.5 Å². The number of aryl methyl sites for hydroxylation is 1. The van der Waals surface area contributed by atoms with Crippen molar-refractivity contribution >= 4 is 23.5 Å². The van der Waals surface area contributed by atoms with Crippen molar-refractivity contribution in [3.05, 3.63) is 36.0 Å². The molecule has 1 aromatic carbocycles. The lowest BCUT2D eigenvalue weighted by Gasteiger charge is -2.03. The zero-order valence-electron chi connectivity index (χ0n) is 9.61. The third kappa shape index (κ3) is 2.80. The van der Waals surface area contributed by atoms with E-state index in [4.69, 9.17) is 11.5 Å². The fourth-order valence-electron chi connectivity index (χ4n) is 1.43. The molecule has 0 aliphatic carbocycles. The van der Waals surface area contributed by atoms with E-state index in [1.807, 2.05) is 30.3 Å². The molecule has 0 atom stereocenters. The molecule has 0 radical (unpaired) electrons. The summed E-state index contributed by atoms with van der Waals surface area (Å²) in [7, 11) is 0. The number of primary amides is 1. The van der Waals surface area contributed by atoms with Gasteiger partial charge in [0.2, 0.25) is 0 Å². The standard InChI is InChI=1S/C11H13N5OS/c12-10-9(11(13)17)14-15-16(10)6-7-18-8-4-2-1-3-5-8/h1-5H,6-7,12H2,(H2,13,17). The summed E-state index contributed by atoms with van der Waals surface area (Å²) in [6.45, 7) is 0.575. The monoisotopic (exact) mass is 263 g/mol. The lowest BCUT2D eigenvalue weighted by Crippen LogP contribution is -2.15. The van der Waals surface area contributed by atoms with Crippen molar-refractivity contribution in [1.29, 1.82) is 0 Å². The molecule has 0 aliphatic rings. The van der Waals surface area contributed by atoms with Crippen LogP contribution < -0.4 is 11.5 Å². The molecule has 0 saturated carbocycles. The van der Waals surface area contributed by atoms with Crippen LogP contribution in [0.2, 0.25) is 0 Å². The van der Waals surface area contributed by atoms with Crippen LogP contribution in [0.15, 0.2) is 35.2 Å². The summed E-state index contributed by atoms with van der Waals surface area (Å²) in [4.78, 5) is 12.1. The number of nitrogen functional groups attached to an aromatic ring is 1. The van der Waals surface area contributed by atoms with Crippen LogP contribution in [0.5, 0.6) is 0 Å². The van der Waals surface area contributed by atoms with Crippen molar-refractivity contribution in [3.8, 4) is 0 Å². The average molecular weight is 263 g/mol. The van der Waals surface area contributed by atoms with Crippen molar-refractivity contribution in [2.75, 3.05) is 11.5 Å². The maximum Gasteiger partial charge on any atom is 0.273 e. The molecular formula is C11H13N5OS. The molecule has 18 heavy (non-hydrogen) atoms. The van der Waals surface area contributed by atoms with Gasteiger partial charge >= 0.3 is 0 Å². The Morgan fingerprint density at radius 2 is 2.06 bits per heavy atom. The third-order valence-electron chi connectivity index (χ3n) is 2.32. The second kappa shape index (κ2) is 5.54. The molecule has 1 heterocycles. The van der Waals surface area contributed by atoms with Crippen LogP contribution in [0, 0.1) is 0 Å². The molecule has 4 N–H and O–H groups in total. The SMILES string of the molecule is NC(=O)c1nnn(CCSc2ccccc2)c1N. The maximum absolute atomic E-state index is 11.0. The minimum atomic E-state index is -0.658. The average Bonchev–Trinajstić information content (AvgIpc) is 2.73. The highest BCUT2D eigenvalue weighted by Crippen LogP contribution is 2.17. The van der Waals surface area contributed by atoms with E-state index >= 15 is 0 Å². The van der Waals surface area contributed by atoms with E-state index in [2.05, 4.69) is 10.3 Å². The Kier molecular flexibility index (Phi) is 3.83. The highest BCUT2D eigenvalue weighted by atomic mass is 32.2. The van der Waals surface area contributed by atoms with Crippen LogP contribution in [0.4, 0.5) is 5.82 Å². The molecule has 0 spiro atoms. The molecule has 6 nitrogen and oxygen atoms in total. The molecule has 2 rings (SSSR count). The Morgan fingerprint density at radius 3 is 2.67 bits per heavy atom. The van der Waals surface area contributed by atoms with Crippen molar-refractivity contribution in [3.63, 3.8) is 0 Å². The Bertz CT molecular complexity index is 540. The van der Waals surface area contributed by atoms with Crippen molar-refractivity contribution in [2.45, 2.75) is 11.4 Å². The number of carbonyl (C=O) groups is 1. The molecule has 0 aliphatic heterocycles. The van der Waals surface area contributed by atoms with Gasteiger partial charge in [-0.15, -0.1) is 16.9 Å². The molecule has 0 fully saturated rings. The summed E-state index contributed by atoms with van der Waals surface area (Å²) in [6, 6.07) is 10.0. The number of hydrogen-bond donors (Lipinski definition) is 2. The second-order valence-electron chi connectivity index (χ2n) is 3.57. The first-order chi connectivity index (χ1) is 8.68. The number of amides is 1. The Morgan fingerprint density at radius 1 is 1.33 bits per heavy atom. The van der Waals surface area contributed by atoms with Crippen LogP contribution >= 0.6 is 11.8 Å². The number of rotatable bonds is 5. The zero-order valence-corrected chi connectivity index (χ0v) is 10.4. The first kappa shape index (κ1) is 12.4. The van der Waals surface area contributed by atoms with Gasteiger partial charge in [0.05, 0.1) is 6.54 Å². The largest absolute Gasteiger partial charge is 0.382 e. The van der Waals surface area contributed by atoms with Gasteiger partial charge in [0.25, 0.3) is 5.91 Å². The molecule has 1 amide bonds. The highest BCUT2D eigenvalue weighted by molar-refractivity contribution is 7.99. The summed E-state index contributed by atoms with van der Waals surface area (Å²) in [6.07, 6.45) is 0. The fourth-order valence-corrected chi connectivity index (χ4v) is 2.28. The quantitative estimate of drug-likeness (QED) is 0.775. The van der Waals surface area contributed by atoms with Crippen molar-refractivity contribution in [2.24, 2.45) is 5.73 Å². The molecule has 0 unspecified atom stereocenters. The van der Waals surface area contributed by atoms with Gasteiger partial charge in [-0.05, 0) is 12.1 Å². The Labute approximate surface area is 108 Å². The van der Waals surface area contributed by atoms with Gasteiger partial charge in [-0.1, -0.05) is 23.4 Å². The van der Waals surface area contributed by atoms with E-state index in [0.29, 0.717) is 6.54 Å². The third-order valence-corrected chi connectivity index (χ3v) is 3.31. The summed E-state index contributed by atoms with van der Waals surface area (Å²) < 4.78 is 1.48. The minimum absolute atomic E-state index is 0.0275. The van der Waals surface area contributed by atoms with Crippen molar-refractivity contribution < 1.29 is 4.79 Å². The van der Waals surface area contributed by atoms with E-state index in [0.717, 1.165) is 5.75 Å². The zero-order chi connectivity index (χ0) is 13.0. The van der Waals surface area contributed by atoms with Gasteiger partial charge in [-0.2, -0.15) is 0 Å². The molecule has 2 aromatic rings. The number of nitrogens with two attached hydrogens (primary N) is 2. The summed E-state index contributed by atoms with van der Waals surface area (Å²) in [5.41, 5.74) is 10.8. The molecule has 94 valence electrons. The van der Waals surface area contributed by atoms with Gasteiger partial charge in [0, 0.05) is 10.6 Å². The number of anilines is 1. The number of hydrogen-bond acceptors (Lipinski definition) is 5. The van der Waals surface area contributed by atoms with Crippen LogP contribution in [-0.4, -0.2) is 26.7 Å². The lowest BCUT2D eigenvalue weighted by atomic mass is 10.4. The van der Waals surface area contributed by atoms with E-state index in [9.17, 15) is 4.79 Å². The molecule has 0 bridgehead atoms. The number of benzene rings is 1.